The van der Waals surface area contributed by atoms with Gasteiger partial charge in [0.05, 0.1) is 10.8 Å². The number of allylic oxidation sites excluding steroid dienone is 4. The summed E-state index contributed by atoms with van der Waals surface area (Å²) >= 11 is 0. The highest BCUT2D eigenvalue weighted by molar-refractivity contribution is 7.93. The lowest BCUT2D eigenvalue weighted by atomic mass is 9.89. The fourth-order valence-electron chi connectivity index (χ4n) is 4.34. The Hall–Kier alpha value is -1.73. The highest BCUT2D eigenvalue weighted by Crippen LogP contribution is 2.67. The fraction of sp³-hybridized carbons (Fsp3) is 0.600. The van der Waals surface area contributed by atoms with Crippen LogP contribution in [0.15, 0.2) is 39.8 Å². The van der Waals surface area contributed by atoms with Crippen molar-refractivity contribution in [2.24, 2.45) is 16.5 Å². The molecule has 3 rings (SSSR count). The number of sulfonamides is 1. The summed E-state index contributed by atoms with van der Waals surface area (Å²) in [7, 11) is -3.73. The molecule has 0 radical (unpaired) electrons. The SMILES string of the molecule is C=C(/C=C\C(=C/C)S(N)(=O)=O)[C@@H]1[C@@H](c2nc(C3CCCCC3)no2)C1(C)C. The average Bonchev–Trinajstić information content (AvgIpc) is 2.95. The molecule has 6 nitrogen and oxygen atoms in total. The summed E-state index contributed by atoms with van der Waals surface area (Å²) in [5, 5.41) is 9.44. The average molecular weight is 392 g/mol. The Morgan fingerprint density at radius 3 is 2.52 bits per heavy atom. The zero-order valence-electron chi connectivity index (χ0n) is 16.3. The van der Waals surface area contributed by atoms with Crippen molar-refractivity contribution in [1.29, 1.82) is 0 Å². The smallest absolute Gasteiger partial charge is 0.237 e. The van der Waals surface area contributed by atoms with Gasteiger partial charge in [-0.25, -0.2) is 13.6 Å². The van der Waals surface area contributed by atoms with Crippen molar-refractivity contribution in [2.45, 2.75) is 64.7 Å². The van der Waals surface area contributed by atoms with E-state index in [0.717, 1.165) is 24.2 Å². The molecule has 1 aromatic heterocycles. The molecule has 27 heavy (non-hydrogen) atoms. The van der Waals surface area contributed by atoms with Crippen molar-refractivity contribution >= 4 is 10.0 Å². The van der Waals surface area contributed by atoms with E-state index in [-0.39, 0.29) is 22.2 Å². The molecule has 2 N–H and O–H groups in total. The van der Waals surface area contributed by atoms with E-state index in [9.17, 15) is 8.42 Å². The van der Waals surface area contributed by atoms with Gasteiger partial charge in [-0.1, -0.05) is 62.6 Å². The van der Waals surface area contributed by atoms with E-state index in [1.54, 1.807) is 13.0 Å². The van der Waals surface area contributed by atoms with E-state index in [0.29, 0.717) is 11.8 Å². The van der Waals surface area contributed by atoms with E-state index < -0.39 is 10.0 Å². The van der Waals surface area contributed by atoms with Gasteiger partial charge in [0.2, 0.25) is 15.9 Å². The van der Waals surface area contributed by atoms with Crippen molar-refractivity contribution in [3.05, 3.63) is 47.0 Å². The number of nitrogens with two attached hydrogens (primary N) is 1. The molecule has 0 amide bonds. The van der Waals surface area contributed by atoms with Crippen LogP contribution >= 0.6 is 0 Å². The largest absolute Gasteiger partial charge is 0.339 e. The van der Waals surface area contributed by atoms with Crippen molar-refractivity contribution in [3.8, 4) is 0 Å². The van der Waals surface area contributed by atoms with Crippen molar-refractivity contribution in [2.75, 3.05) is 0 Å². The normalized spacial score (nSPS) is 26.4. The molecular formula is C20H29N3O3S. The monoisotopic (exact) mass is 391 g/mol. The van der Waals surface area contributed by atoms with Gasteiger partial charge in [0, 0.05) is 11.8 Å². The molecular weight excluding hydrogens is 362 g/mol. The Kier molecular flexibility index (Phi) is 5.45. The lowest BCUT2D eigenvalue weighted by Gasteiger charge is -2.17. The summed E-state index contributed by atoms with van der Waals surface area (Å²) < 4.78 is 28.6. The van der Waals surface area contributed by atoms with Gasteiger partial charge in [0.25, 0.3) is 0 Å². The minimum absolute atomic E-state index is 0.0600. The van der Waals surface area contributed by atoms with E-state index in [1.807, 2.05) is 0 Å². The summed E-state index contributed by atoms with van der Waals surface area (Å²) in [5.41, 5.74) is 0.778. The number of aromatic nitrogens is 2. The number of hydrogen-bond donors (Lipinski definition) is 1. The molecule has 2 saturated carbocycles. The molecule has 1 heterocycles. The molecule has 0 aliphatic heterocycles. The predicted molar refractivity (Wildman–Crippen MR) is 105 cm³/mol. The lowest BCUT2D eigenvalue weighted by molar-refractivity contribution is 0.350. The van der Waals surface area contributed by atoms with Crippen LogP contribution in [0.1, 0.15) is 76.4 Å². The Morgan fingerprint density at radius 2 is 1.93 bits per heavy atom. The third kappa shape index (κ3) is 4.09. The summed E-state index contributed by atoms with van der Waals surface area (Å²) in [6.07, 6.45) is 10.7. The molecule has 2 aliphatic rings. The second kappa shape index (κ2) is 7.36. The van der Waals surface area contributed by atoms with Gasteiger partial charge in [0.1, 0.15) is 0 Å². The van der Waals surface area contributed by atoms with Crippen LogP contribution in [0, 0.1) is 11.3 Å². The van der Waals surface area contributed by atoms with Gasteiger partial charge >= 0.3 is 0 Å². The summed E-state index contributed by atoms with van der Waals surface area (Å²) in [6.45, 7) is 10.1. The highest BCUT2D eigenvalue weighted by atomic mass is 32.2. The fourth-order valence-corrected chi connectivity index (χ4v) is 4.93. The minimum Gasteiger partial charge on any atom is -0.339 e. The minimum atomic E-state index is -3.73. The first-order valence-electron chi connectivity index (χ1n) is 9.55. The van der Waals surface area contributed by atoms with Crippen molar-refractivity contribution in [3.63, 3.8) is 0 Å². The van der Waals surface area contributed by atoms with Crippen LogP contribution in [0.4, 0.5) is 0 Å². The molecule has 0 spiro atoms. The van der Waals surface area contributed by atoms with Crippen LogP contribution < -0.4 is 5.14 Å². The summed E-state index contributed by atoms with van der Waals surface area (Å²) in [4.78, 5) is 4.78. The zero-order chi connectivity index (χ0) is 19.8. The molecule has 7 heteroatoms. The van der Waals surface area contributed by atoms with E-state index in [1.165, 1.54) is 31.4 Å². The maximum atomic E-state index is 11.5. The second-order valence-corrected chi connectivity index (χ2v) is 9.81. The van der Waals surface area contributed by atoms with Crippen LogP contribution in [-0.4, -0.2) is 18.6 Å². The number of primary sulfonamides is 1. The first-order valence-corrected chi connectivity index (χ1v) is 11.1. The number of rotatable bonds is 6. The molecule has 2 fully saturated rings. The van der Waals surface area contributed by atoms with Gasteiger partial charge in [0.15, 0.2) is 5.82 Å². The first kappa shape index (κ1) is 20.0. The lowest BCUT2D eigenvalue weighted by Crippen LogP contribution is -2.13. The van der Waals surface area contributed by atoms with Crippen LogP contribution in [0.2, 0.25) is 0 Å². The molecule has 0 unspecified atom stereocenters. The van der Waals surface area contributed by atoms with E-state index in [2.05, 4.69) is 25.6 Å². The first-order chi connectivity index (χ1) is 12.7. The topological polar surface area (TPSA) is 99.1 Å². The molecule has 0 bridgehead atoms. The summed E-state index contributed by atoms with van der Waals surface area (Å²) in [6, 6.07) is 0. The van der Waals surface area contributed by atoms with Crippen molar-refractivity contribution in [1.82, 2.24) is 10.1 Å². The molecule has 0 saturated heterocycles. The Labute approximate surface area is 161 Å². The summed E-state index contributed by atoms with van der Waals surface area (Å²) in [5.74, 6) is 2.14. The third-order valence-corrected chi connectivity index (χ3v) is 7.02. The highest BCUT2D eigenvalue weighted by Gasteiger charge is 2.62. The molecule has 148 valence electrons. The van der Waals surface area contributed by atoms with Gasteiger partial charge < -0.3 is 4.52 Å². The maximum Gasteiger partial charge on any atom is 0.237 e. The number of nitrogens with zero attached hydrogens (tertiary/aromatic N) is 2. The van der Waals surface area contributed by atoms with Gasteiger partial charge in [-0.2, -0.15) is 4.98 Å². The Bertz CT molecular complexity index is 874. The van der Waals surface area contributed by atoms with E-state index in [4.69, 9.17) is 14.6 Å². The van der Waals surface area contributed by atoms with Crippen LogP contribution in [0.25, 0.3) is 0 Å². The van der Waals surface area contributed by atoms with Gasteiger partial charge in [-0.3, -0.25) is 0 Å². The van der Waals surface area contributed by atoms with Crippen molar-refractivity contribution < 1.29 is 12.9 Å². The second-order valence-electron chi connectivity index (χ2n) is 8.25. The van der Waals surface area contributed by atoms with E-state index >= 15 is 0 Å². The standard InChI is InChI=1S/C20H29N3O3S/c1-5-15(27(21,24)25)12-11-13(2)16-17(20(16,3)4)19-22-18(23-26-19)14-9-7-6-8-10-14/h5,11-12,14,16-17H,2,6-10H2,1,3-4H3,(H2,21,24,25)/b12-11-,15-5+/t16-,17+/m1/s1. The zero-order valence-corrected chi connectivity index (χ0v) is 17.1. The third-order valence-electron chi connectivity index (χ3n) is 6.00. The quantitative estimate of drug-likeness (QED) is 0.734. The Balaban J connectivity index is 1.73. The van der Waals surface area contributed by atoms with Crippen LogP contribution in [-0.2, 0) is 10.0 Å². The Morgan fingerprint density at radius 1 is 1.26 bits per heavy atom. The van der Waals surface area contributed by atoms with Crippen LogP contribution in [0.5, 0.6) is 0 Å². The molecule has 0 aromatic carbocycles. The molecule has 1 aromatic rings. The number of hydrogen-bond acceptors (Lipinski definition) is 5. The van der Waals surface area contributed by atoms with Crippen LogP contribution in [0.3, 0.4) is 0 Å². The van der Waals surface area contributed by atoms with Gasteiger partial charge in [-0.15, -0.1) is 0 Å². The molecule has 2 aliphatic carbocycles. The van der Waals surface area contributed by atoms with Gasteiger partial charge in [-0.05, 0) is 31.3 Å². The molecule has 2 atom stereocenters. The predicted octanol–water partition coefficient (Wildman–Crippen LogP) is 4.16. The maximum absolute atomic E-state index is 11.5.